The predicted octanol–water partition coefficient (Wildman–Crippen LogP) is 3.15. The first-order valence-corrected chi connectivity index (χ1v) is 3.82. The summed E-state index contributed by atoms with van der Waals surface area (Å²) in [5.41, 5.74) is 0.979. The molecule has 0 aromatic heterocycles. The third-order valence-electron chi connectivity index (χ3n) is 1.81. The molecule has 0 saturated carbocycles. The Balaban J connectivity index is 2.86. The van der Waals surface area contributed by atoms with Gasteiger partial charge in [0.1, 0.15) is 5.82 Å². The van der Waals surface area contributed by atoms with Crippen molar-refractivity contribution < 1.29 is 4.39 Å². The molecular formula is C10H12F. The zero-order valence-corrected chi connectivity index (χ0v) is 6.68. The lowest BCUT2D eigenvalue weighted by atomic mass is 9.99. The van der Waals surface area contributed by atoms with E-state index in [1.165, 1.54) is 6.07 Å². The topological polar surface area (TPSA) is 0 Å². The van der Waals surface area contributed by atoms with Gasteiger partial charge < -0.3 is 0 Å². The predicted molar refractivity (Wildman–Crippen MR) is 44.8 cm³/mol. The van der Waals surface area contributed by atoms with Crippen LogP contribution in [0.15, 0.2) is 24.3 Å². The molecule has 1 heteroatoms. The van der Waals surface area contributed by atoms with E-state index in [-0.39, 0.29) is 11.7 Å². The highest BCUT2D eigenvalue weighted by Crippen LogP contribution is 2.18. The standard InChI is InChI=1S/C10H12F/c1-3-8(2)9-5-4-6-10(11)7-9/h4-8H,2-3H2,1H3. The third-order valence-corrected chi connectivity index (χ3v) is 1.81. The minimum Gasteiger partial charge on any atom is -0.207 e. The van der Waals surface area contributed by atoms with E-state index in [1.54, 1.807) is 12.1 Å². The maximum absolute atomic E-state index is 12.6. The van der Waals surface area contributed by atoms with Crippen LogP contribution in [-0.2, 0) is 0 Å². The van der Waals surface area contributed by atoms with Gasteiger partial charge in [-0.3, -0.25) is 0 Å². The summed E-state index contributed by atoms with van der Waals surface area (Å²) >= 11 is 0. The first-order chi connectivity index (χ1) is 5.24. The summed E-state index contributed by atoms with van der Waals surface area (Å²) < 4.78 is 12.6. The van der Waals surface area contributed by atoms with Crippen LogP contribution in [0.1, 0.15) is 24.8 Å². The molecular weight excluding hydrogens is 139 g/mol. The van der Waals surface area contributed by atoms with Gasteiger partial charge in [-0.15, -0.1) is 0 Å². The van der Waals surface area contributed by atoms with Gasteiger partial charge in [0, 0.05) is 0 Å². The molecule has 1 rings (SSSR count). The fourth-order valence-corrected chi connectivity index (χ4v) is 0.996. The maximum atomic E-state index is 12.6. The second kappa shape index (κ2) is 3.51. The summed E-state index contributed by atoms with van der Waals surface area (Å²) in [6.07, 6.45) is 0.948. The average Bonchev–Trinajstić information content (AvgIpc) is 2.03. The van der Waals surface area contributed by atoms with Crippen LogP contribution in [0.25, 0.3) is 0 Å². The second-order valence-corrected chi connectivity index (χ2v) is 2.66. The van der Waals surface area contributed by atoms with E-state index < -0.39 is 0 Å². The Morgan fingerprint density at radius 1 is 1.55 bits per heavy atom. The smallest absolute Gasteiger partial charge is 0.123 e. The van der Waals surface area contributed by atoms with E-state index in [0.29, 0.717) is 0 Å². The van der Waals surface area contributed by atoms with Crippen LogP contribution in [0.4, 0.5) is 4.39 Å². The number of benzene rings is 1. The van der Waals surface area contributed by atoms with Gasteiger partial charge >= 0.3 is 0 Å². The van der Waals surface area contributed by atoms with E-state index in [0.717, 1.165) is 12.0 Å². The molecule has 0 amide bonds. The Hall–Kier alpha value is -0.850. The minimum atomic E-state index is -0.176. The van der Waals surface area contributed by atoms with Crippen molar-refractivity contribution in [3.8, 4) is 0 Å². The Morgan fingerprint density at radius 3 is 2.82 bits per heavy atom. The second-order valence-electron chi connectivity index (χ2n) is 2.66. The molecule has 1 atom stereocenters. The Kier molecular flexibility index (Phi) is 2.64. The zero-order valence-electron chi connectivity index (χ0n) is 6.68. The van der Waals surface area contributed by atoms with Crippen LogP contribution in [0.2, 0.25) is 0 Å². The van der Waals surface area contributed by atoms with Crippen LogP contribution >= 0.6 is 0 Å². The molecule has 59 valence electrons. The summed E-state index contributed by atoms with van der Waals surface area (Å²) in [7, 11) is 0. The number of hydrogen-bond donors (Lipinski definition) is 0. The van der Waals surface area contributed by atoms with Gasteiger partial charge in [-0.05, 0) is 37.0 Å². The van der Waals surface area contributed by atoms with Gasteiger partial charge in [-0.25, -0.2) is 4.39 Å². The van der Waals surface area contributed by atoms with Crippen molar-refractivity contribution >= 4 is 0 Å². The van der Waals surface area contributed by atoms with Crippen molar-refractivity contribution in [2.75, 3.05) is 0 Å². The van der Waals surface area contributed by atoms with E-state index in [2.05, 4.69) is 6.92 Å². The van der Waals surface area contributed by atoms with Gasteiger partial charge in [0.05, 0.1) is 0 Å². The van der Waals surface area contributed by atoms with Crippen LogP contribution in [0, 0.1) is 12.7 Å². The van der Waals surface area contributed by atoms with E-state index in [4.69, 9.17) is 0 Å². The normalized spacial score (nSPS) is 13.0. The molecule has 0 aliphatic carbocycles. The van der Waals surface area contributed by atoms with Crippen molar-refractivity contribution in [2.24, 2.45) is 0 Å². The Morgan fingerprint density at radius 2 is 2.27 bits per heavy atom. The fourth-order valence-electron chi connectivity index (χ4n) is 0.996. The average molecular weight is 151 g/mol. The highest BCUT2D eigenvalue weighted by molar-refractivity contribution is 5.21. The van der Waals surface area contributed by atoms with Crippen molar-refractivity contribution in [1.82, 2.24) is 0 Å². The molecule has 1 aromatic rings. The summed E-state index contributed by atoms with van der Waals surface area (Å²) in [6.45, 7) is 5.95. The Bertz CT molecular complexity index is 230. The molecule has 0 heterocycles. The van der Waals surface area contributed by atoms with E-state index >= 15 is 0 Å². The molecule has 11 heavy (non-hydrogen) atoms. The minimum absolute atomic E-state index is 0.176. The van der Waals surface area contributed by atoms with Gasteiger partial charge in [-0.1, -0.05) is 19.1 Å². The molecule has 0 N–H and O–H groups in total. The lowest BCUT2D eigenvalue weighted by Gasteiger charge is -2.07. The summed E-state index contributed by atoms with van der Waals surface area (Å²) in [5.74, 6) is 0.0373. The lowest BCUT2D eigenvalue weighted by Crippen LogP contribution is -1.91. The fraction of sp³-hybridized carbons (Fsp3) is 0.300. The number of hydrogen-bond acceptors (Lipinski definition) is 0. The summed E-state index contributed by atoms with van der Waals surface area (Å²) in [4.78, 5) is 0. The molecule has 0 aliphatic heterocycles. The van der Waals surface area contributed by atoms with Gasteiger partial charge in [0.2, 0.25) is 0 Å². The quantitative estimate of drug-likeness (QED) is 0.609. The Labute approximate surface area is 67.1 Å². The van der Waals surface area contributed by atoms with Crippen LogP contribution < -0.4 is 0 Å². The molecule has 1 aromatic carbocycles. The molecule has 0 fully saturated rings. The van der Waals surface area contributed by atoms with Crippen LogP contribution in [-0.4, -0.2) is 0 Å². The van der Waals surface area contributed by atoms with Crippen LogP contribution in [0.3, 0.4) is 0 Å². The van der Waals surface area contributed by atoms with Crippen molar-refractivity contribution in [1.29, 1.82) is 0 Å². The largest absolute Gasteiger partial charge is 0.207 e. The SMILES string of the molecule is [CH2]C(CC)c1cccc(F)c1. The first-order valence-electron chi connectivity index (χ1n) is 3.82. The molecule has 1 unspecified atom stereocenters. The van der Waals surface area contributed by atoms with Gasteiger partial charge in [-0.2, -0.15) is 0 Å². The molecule has 0 spiro atoms. The monoisotopic (exact) mass is 151 g/mol. The van der Waals surface area contributed by atoms with Crippen molar-refractivity contribution in [3.05, 3.63) is 42.6 Å². The zero-order chi connectivity index (χ0) is 8.27. The summed E-state index contributed by atoms with van der Waals surface area (Å²) in [5, 5.41) is 0. The number of rotatable bonds is 2. The highest BCUT2D eigenvalue weighted by Gasteiger charge is 2.02. The molecule has 0 nitrogen and oxygen atoms in total. The number of halogens is 1. The highest BCUT2D eigenvalue weighted by atomic mass is 19.1. The van der Waals surface area contributed by atoms with E-state index in [1.807, 2.05) is 13.0 Å². The van der Waals surface area contributed by atoms with Gasteiger partial charge in [0.25, 0.3) is 0 Å². The van der Waals surface area contributed by atoms with Crippen LogP contribution in [0.5, 0.6) is 0 Å². The summed E-state index contributed by atoms with van der Waals surface area (Å²) in [6, 6.07) is 6.62. The lowest BCUT2D eigenvalue weighted by molar-refractivity contribution is 0.622. The first kappa shape index (κ1) is 8.25. The molecule has 1 radical (unpaired) electrons. The van der Waals surface area contributed by atoms with Crippen molar-refractivity contribution in [2.45, 2.75) is 19.3 Å². The molecule has 0 aliphatic rings. The molecule has 0 saturated heterocycles. The van der Waals surface area contributed by atoms with Crippen molar-refractivity contribution in [3.63, 3.8) is 0 Å². The molecule has 0 bridgehead atoms. The maximum Gasteiger partial charge on any atom is 0.123 e. The third kappa shape index (κ3) is 2.04. The van der Waals surface area contributed by atoms with E-state index in [9.17, 15) is 4.39 Å². The van der Waals surface area contributed by atoms with Gasteiger partial charge in [0.15, 0.2) is 0 Å².